The molecule has 4 nitrogen and oxygen atoms in total. The van der Waals surface area contributed by atoms with Gasteiger partial charge in [-0.2, -0.15) is 0 Å². The average Bonchev–Trinajstić information content (AvgIpc) is 3.23. The number of aromatic nitrogens is 1. The Morgan fingerprint density at radius 1 is 0.957 bits per heavy atom. The van der Waals surface area contributed by atoms with Crippen LogP contribution in [-0.4, -0.2) is 22.7 Å². The van der Waals surface area contributed by atoms with Crippen molar-refractivity contribution < 1.29 is 9.94 Å². The topological polar surface area (TPSA) is 57.6 Å². The van der Waals surface area contributed by atoms with Crippen molar-refractivity contribution in [2.24, 2.45) is 5.16 Å². The van der Waals surface area contributed by atoms with Crippen LogP contribution in [0.15, 0.2) is 72.0 Å². The van der Waals surface area contributed by atoms with E-state index in [2.05, 4.69) is 46.5 Å². The number of oxime groups is 1. The zero-order valence-corrected chi connectivity index (χ0v) is 12.4. The molecule has 2 N–H and O–H groups in total. The molecule has 0 saturated heterocycles. The van der Waals surface area contributed by atoms with Crippen LogP contribution in [0.2, 0.25) is 0 Å². The van der Waals surface area contributed by atoms with Gasteiger partial charge in [0.25, 0.3) is 5.90 Å². The minimum absolute atomic E-state index is 0.133. The molecular weight excluding hydrogens is 288 g/mol. The molecular formula is C19H16N2O2. The Morgan fingerprint density at radius 3 is 2.17 bits per heavy atom. The van der Waals surface area contributed by atoms with Gasteiger partial charge in [0.15, 0.2) is 0 Å². The molecule has 114 valence electrons. The van der Waals surface area contributed by atoms with Crippen LogP contribution in [0.3, 0.4) is 0 Å². The van der Waals surface area contributed by atoms with E-state index in [9.17, 15) is 5.21 Å². The first-order valence-corrected chi connectivity index (χ1v) is 7.55. The summed E-state index contributed by atoms with van der Waals surface area (Å²) in [4.78, 5) is 2.99. The first-order chi connectivity index (χ1) is 11.4. The first-order valence-electron chi connectivity index (χ1n) is 7.55. The number of rotatable bonds is 3. The molecule has 1 aromatic heterocycles. The van der Waals surface area contributed by atoms with E-state index < -0.39 is 0 Å². The predicted molar refractivity (Wildman–Crippen MR) is 88.8 cm³/mol. The molecule has 4 rings (SSSR count). The standard InChI is InChI=1S/C19H16N2O2/c22-21-19(18-10-5-11-20-18)23-12-17-15-8-3-1-6-13(15)14-7-2-4-9-16(14)17/h1-11,17,20,22H,12H2. The van der Waals surface area contributed by atoms with E-state index in [0.717, 1.165) is 0 Å². The lowest BCUT2D eigenvalue weighted by Crippen LogP contribution is -2.14. The second-order valence-electron chi connectivity index (χ2n) is 5.53. The second kappa shape index (κ2) is 5.65. The Kier molecular flexibility index (Phi) is 3.35. The quantitative estimate of drug-likeness (QED) is 0.333. The van der Waals surface area contributed by atoms with Gasteiger partial charge in [0.2, 0.25) is 0 Å². The molecule has 0 aliphatic heterocycles. The minimum Gasteiger partial charge on any atom is -0.473 e. The van der Waals surface area contributed by atoms with Crippen LogP contribution >= 0.6 is 0 Å². The van der Waals surface area contributed by atoms with Crippen molar-refractivity contribution >= 4 is 5.90 Å². The highest BCUT2D eigenvalue weighted by Gasteiger charge is 2.28. The molecule has 4 heteroatoms. The fraction of sp³-hybridized carbons (Fsp3) is 0.105. The molecule has 0 unspecified atom stereocenters. The maximum Gasteiger partial charge on any atom is 0.274 e. The molecule has 0 fully saturated rings. The van der Waals surface area contributed by atoms with Crippen molar-refractivity contribution in [1.29, 1.82) is 0 Å². The van der Waals surface area contributed by atoms with Gasteiger partial charge >= 0.3 is 0 Å². The zero-order valence-electron chi connectivity index (χ0n) is 12.4. The fourth-order valence-corrected chi connectivity index (χ4v) is 3.23. The zero-order chi connectivity index (χ0) is 15.6. The monoisotopic (exact) mass is 304 g/mol. The second-order valence-corrected chi connectivity index (χ2v) is 5.53. The summed E-state index contributed by atoms with van der Waals surface area (Å²) in [7, 11) is 0. The molecule has 0 spiro atoms. The van der Waals surface area contributed by atoms with E-state index in [-0.39, 0.29) is 11.8 Å². The lowest BCUT2D eigenvalue weighted by Gasteiger charge is -2.15. The average molecular weight is 304 g/mol. The number of fused-ring (bicyclic) bond motifs is 3. The summed E-state index contributed by atoms with van der Waals surface area (Å²) >= 11 is 0. The van der Waals surface area contributed by atoms with Crippen molar-refractivity contribution in [3.8, 4) is 11.1 Å². The summed E-state index contributed by atoms with van der Waals surface area (Å²) in [6, 6.07) is 20.4. The molecule has 1 heterocycles. The van der Waals surface area contributed by atoms with E-state index in [1.807, 2.05) is 24.3 Å². The van der Waals surface area contributed by atoms with E-state index in [1.54, 1.807) is 6.20 Å². The van der Waals surface area contributed by atoms with Gasteiger partial charge in [0.1, 0.15) is 12.3 Å². The smallest absolute Gasteiger partial charge is 0.274 e. The van der Waals surface area contributed by atoms with Gasteiger partial charge in [-0.05, 0) is 39.5 Å². The van der Waals surface area contributed by atoms with Crippen LogP contribution in [0.1, 0.15) is 22.7 Å². The number of benzene rings is 2. The first kappa shape index (κ1) is 13.6. The van der Waals surface area contributed by atoms with Crippen molar-refractivity contribution in [1.82, 2.24) is 4.98 Å². The largest absolute Gasteiger partial charge is 0.473 e. The lowest BCUT2D eigenvalue weighted by molar-refractivity contribution is 0.249. The highest BCUT2D eigenvalue weighted by molar-refractivity contribution is 5.92. The number of nitrogens with zero attached hydrogens (tertiary/aromatic N) is 1. The third-order valence-corrected chi connectivity index (χ3v) is 4.27. The van der Waals surface area contributed by atoms with Crippen LogP contribution in [0.5, 0.6) is 0 Å². The third-order valence-electron chi connectivity index (χ3n) is 4.27. The van der Waals surface area contributed by atoms with Crippen molar-refractivity contribution in [3.05, 3.63) is 83.7 Å². The third kappa shape index (κ3) is 2.28. The number of hydrogen-bond acceptors (Lipinski definition) is 3. The normalized spacial score (nSPS) is 13.7. The van der Waals surface area contributed by atoms with Crippen LogP contribution < -0.4 is 0 Å². The molecule has 0 atom stereocenters. The SMILES string of the molecule is ON=C(OCC1c2ccccc2-c2ccccc21)c1ccc[nH]1. The molecule has 23 heavy (non-hydrogen) atoms. The fourth-order valence-electron chi connectivity index (χ4n) is 3.23. The highest BCUT2D eigenvalue weighted by atomic mass is 16.5. The molecule has 1 aliphatic rings. The van der Waals surface area contributed by atoms with Gasteiger partial charge in [-0.15, -0.1) is 0 Å². The Bertz CT molecular complexity index is 808. The Balaban J connectivity index is 1.64. The minimum atomic E-state index is 0.133. The van der Waals surface area contributed by atoms with Crippen molar-refractivity contribution in [2.75, 3.05) is 6.61 Å². The highest BCUT2D eigenvalue weighted by Crippen LogP contribution is 2.44. The van der Waals surface area contributed by atoms with Crippen LogP contribution in [-0.2, 0) is 4.74 Å². The summed E-state index contributed by atoms with van der Waals surface area (Å²) in [6.45, 7) is 0.423. The summed E-state index contributed by atoms with van der Waals surface area (Å²) in [5.41, 5.74) is 5.65. The van der Waals surface area contributed by atoms with Gasteiger partial charge < -0.3 is 14.9 Å². The number of aromatic amines is 1. The van der Waals surface area contributed by atoms with Crippen LogP contribution in [0.25, 0.3) is 11.1 Å². The van der Waals surface area contributed by atoms with Crippen LogP contribution in [0.4, 0.5) is 0 Å². The van der Waals surface area contributed by atoms with E-state index in [0.29, 0.717) is 12.3 Å². The number of ether oxygens (including phenoxy) is 1. The van der Waals surface area contributed by atoms with Gasteiger partial charge in [0, 0.05) is 12.1 Å². The Morgan fingerprint density at radius 2 is 1.61 bits per heavy atom. The number of H-pyrrole nitrogens is 1. The maximum absolute atomic E-state index is 9.21. The summed E-state index contributed by atoms with van der Waals surface area (Å²) in [5, 5.41) is 12.5. The van der Waals surface area contributed by atoms with E-state index in [4.69, 9.17) is 4.74 Å². The van der Waals surface area contributed by atoms with Gasteiger partial charge in [0.05, 0.1) is 0 Å². The molecule has 0 radical (unpaired) electrons. The number of hydrogen-bond donors (Lipinski definition) is 2. The molecule has 3 aromatic rings. The molecule has 0 bridgehead atoms. The van der Waals surface area contributed by atoms with Crippen molar-refractivity contribution in [2.45, 2.75) is 5.92 Å². The predicted octanol–water partition coefficient (Wildman–Crippen LogP) is 3.98. The van der Waals surface area contributed by atoms with E-state index in [1.165, 1.54) is 22.3 Å². The molecule has 0 saturated carbocycles. The molecule has 0 amide bonds. The Labute approximate surface area is 134 Å². The summed E-state index contributed by atoms with van der Waals surface area (Å²) in [6.07, 6.45) is 1.77. The molecule has 1 aliphatic carbocycles. The van der Waals surface area contributed by atoms with Crippen molar-refractivity contribution in [3.63, 3.8) is 0 Å². The van der Waals surface area contributed by atoms with E-state index >= 15 is 0 Å². The van der Waals surface area contributed by atoms with Gasteiger partial charge in [-0.3, -0.25) is 0 Å². The van der Waals surface area contributed by atoms with Gasteiger partial charge in [-0.25, -0.2) is 0 Å². The Hall–Kier alpha value is -3.01. The lowest BCUT2D eigenvalue weighted by atomic mass is 9.98. The van der Waals surface area contributed by atoms with Crippen LogP contribution in [0, 0.1) is 0 Å². The number of nitrogens with one attached hydrogen (secondary N) is 1. The molecule has 2 aromatic carbocycles. The summed E-state index contributed by atoms with van der Waals surface area (Å²) < 4.78 is 5.80. The maximum atomic E-state index is 9.21. The van der Waals surface area contributed by atoms with Gasteiger partial charge in [-0.1, -0.05) is 48.5 Å². The summed E-state index contributed by atoms with van der Waals surface area (Å²) in [5.74, 6) is 0.339.